The summed E-state index contributed by atoms with van der Waals surface area (Å²) < 4.78 is 5.98. The third-order valence-corrected chi connectivity index (χ3v) is 4.98. The summed E-state index contributed by atoms with van der Waals surface area (Å²) in [6.45, 7) is 5.13. The Balaban J connectivity index is 1.46. The van der Waals surface area contributed by atoms with Crippen LogP contribution < -0.4 is 10.1 Å². The number of benzene rings is 1. The highest BCUT2D eigenvalue weighted by atomic mass is 16.5. The predicted octanol–water partition coefficient (Wildman–Crippen LogP) is 3.15. The van der Waals surface area contributed by atoms with Crippen molar-refractivity contribution in [2.45, 2.75) is 44.6 Å². The van der Waals surface area contributed by atoms with Gasteiger partial charge in [-0.1, -0.05) is 18.4 Å². The molecular formula is C20H28N2O. The molecule has 1 aliphatic carbocycles. The first-order chi connectivity index (χ1) is 11.4. The first-order valence-corrected chi connectivity index (χ1v) is 9.01. The fraction of sp³-hybridized carbons (Fsp3) is 0.600. The average molecular weight is 312 g/mol. The average Bonchev–Trinajstić information content (AvgIpc) is 3.00. The fourth-order valence-corrected chi connectivity index (χ4v) is 3.73. The molecule has 1 fully saturated rings. The molecule has 1 heterocycles. The van der Waals surface area contributed by atoms with Gasteiger partial charge in [-0.25, -0.2) is 0 Å². The number of piperidine rings is 1. The van der Waals surface area contributed by atoms with E-state index >= 15 is 0 Å². The number of fused-ring (bicyclic) bond motifs is 1. The molecule has 1 atom stereocenters. The summed E-state index contributed by atoms with van der Waals surface area (Å²) in [6, 6.07) is 6.92. The van der Waals surface area contributed by atoms with Crippen molar-refractivity contribution in [3.63, 3.8) is 0 Å². The van der Waals surface area contributed by atoms with Gasteiger partial charge in [-0.2, -0.15) is 0 Å². The molecule has 1 aromatic rings. The number of nitrogens with one attached hydrogen (secondary N) is 1. The van der Waals surface area contributed by atoms with Gasteiger partial charge in [0.1, 0.15) is 5.75 Å². The molecule has 1 unspecified atom stereocenters. The maximum atomic E-state index is 5.98. The van der Waals surface area contributed by atoms with Crippen LogP contribution in [-0.4, -0.2) is 37.7 Å². The minimum absolute atomic E-state index is 0.387. The highest BCUT2D eigenvalue weighted by molar-refractivity contribution is 5.40. The van der Waals surface area contributed by atoms with Crippen molar-refractivity contribution in [3.05, 3.63) is 29.3 Å². The molecule has 1 aromatic carbocycles. The molecule has 3 heteroatoms. The second kappa shape index (κ2) is 8.38. The van der Waals surface area contributed by atoms with Crippen LogP contribution in [0, 0.1) is 12.3 Å². The number of terminal acetylenes is 1. The SMILES string of the molecule is C#CCNC1CCc2ccc(OCCCN3CCCCC3)cc21. The molecule has 2 aliphatic rings. The standard InChI is InChI=1S/C20H28N2O/c1-2-11-21-20-10-8-17-7-9-18(16-19(17)20)23-15-6-14-22-12-4-3-5-13-22/h1,7,9,16,20-21H,3-6,8,10-15H2. The van der Waals surface area contributed by atoms with Crippen LogP contribution in [-0.2, 0) is 6.42 Å². The maximum absolute atomic E-state index is 5.98. The molecule has 0 aromatic heterocycles. The number of ether oxygens (including phenoxy) is 1. The van der Waals surface area contributed by atoms with Crippen molar-refractivity contribution in [1.29, 1.82) is 0 Å². The van der Waals surface area contributed by atoms with Crippen LogP contribution in [0.3, 0.4) is 0 Å². The fourth-order valence-electron chi connectivity index (χ4n) is 3.73. The van der Waals surface area contributed by atoms with Gasteiger partial charge in [0.15, 0.2) is 0 Å². The number of aryl methyl sites for hydroxylation is 1. The monoisotopic (exact) mass is 312 g/mol. The molecule has 0 radical (unpaired) electrons. The quantitative estimate of drug-likeness (QED) is 0.618. The summed E-state index contributed by atoms with van der Waals surface area (Å²) >= 11 is 0. The summed E-state index contributed by atoms with van der Waals surface area (Å²) in [4.78, 5) is 2.56. The van der Waals surface area contributed by atoms with Gasteiger partial charge < -0.3 is 9.64 Å². The highest BCUT2D eigenvalue weighted by Crippen LogP contribution is 2.33. The van der Waals surface area contributed by atoms with E-state index in [0.29, 0.717) is 12.6 Å². The molecule has 0 spiro atoms. The van der Waals surface area contributed by atoms with Gasteiger partial charge in [0.2, 0.25) is 0 Å². The van der Waals surface area contributed by atoms with E-state index in [1.165, 1.54) is 43.5 Å². The molecular weight excluding hydrogens is 284 g/mol. The molecule has 23 heavy (non-hydrogen) atoms. The lowest BCUT2D eigenvalue weighted by molar-refractivity contribution is 0.205. The van der Waals surface area contributed by atoms with Crippen molar-refractivity contribution in [3.8, 4) is 18.1 Å². The van der Waals surface area contributed by atoms with Crippen LogP contribution in [0.4, 0.5) is 0 Å². The Hall–Kier alpha value is -1.50. The van der Waals surface area contributed by atoms with E-state index < -0.39 is 0 Å². The predicted molar refractivity (Wildman–Crippen MR) is 94.7 cm³/mol. The Morgan fingerprint density at radius 2 is 2.13 bits per heavy atom. The van der Waals surface area contributed by atoms with E-state index in [2.05, 4.69) is 34.3 Å². The van der Waals surface area contributed by atoms with E-state index in [4.69, 9.17) is 11.2 Å². The molecule has 0 saturated carbocycles. The Bertz CT molecular complexity index is 543. The third kappa shape index (κ3) is 4.50. The van der Waals surface area contributed by atoms with Crippen LogP contribution in [0.2, 0.25) is 0 Å². The van der Waals surface area contributed by atoms with Gasteiger partial charge in [0.25, 0.3) is 0 Å². The Morgan fingerprint density at radius 3 is 2.96 bits per heavy atom. The van der Waals surface area contributed by atoms with Crippen LogP contribution in [0.5, 0.6) is 5.75 Å². The summed E-state index contributed by atoms with van der Waals surface area (Å²) in [5.41, 5.74) is 2.80. The smallest absolute Gasteiger partial charge is 0.119 e. The van der Waals surface area contributed by atoms with E-state index in [9.17, 15) is 0 Å². The molecule has 0 bridgehead atoms. The van der Waals surface area contributed by atoms with Gasteiger partial charge in [-0.05, 0) is 68.5 Å². The number of likely N-dealkylation sites (tertiary alicyclic amines) is 1. The molecule has 0 amide bonds. The lowest BCUT2D eigenvalue weighted by Gasteiger charge is -2.26. The number of nitrogens with zero attached hydrogens (tertiary/aromatic N) is 1. The largest absolute Gasteiger partial charge is 0.494 e. The normalized spacial score (nSPS) is 20.9. The van der Waals surface area contributed by atoms with Crippen LogP contribution in [0.25, 0.3) is 0 Å². The molecule has 3 nitrogen and oxygen atoms in total. The number of rotatable bonds is 7. The summed E-state index contributed by atoms with van der Waals surface area (Å²) in [5, 5.41) is 3.43. The zero-order valence-corrected chi connectivity index (χ0v) is 14.0. The topological polar surface area (TPSA) is 24.5 Å². The van der Waals surface area contributed by atoms with E-state index in [-0.39, 0.29) is 0 Å². The first kappa shape index (κ1) is 16.4. The first-order valence-electron chi connectivity index (χ1n) is 9.01. The Labute approximate surface area is 140 Å². The third-order valence-electron chi connectivity index (χ3n) is 4.98. The summed E-state index contributed by atoms with van der Waals surface area (Å²) in [7, 11) is 0. The molecule has 1 N–H and O–H groups in total. The summed E-state index contributed by atoms with van der Waals surface area (Å²) in [6.07, 6.45) is 12.8. The minimum atomic E-state index is 0.387. The van der Waals surface area contributed by atoms with Crippen molar-refractivity contribution in [1.82, 2.24) is 10.2 Å². The number of hydrogen-bond donors (Lipinski definition) is 1. The molecule has 3 rings (SSSR count). The lowest BCUT2D eigenvalue weighted by Crippen LogP contribution is -2.31. The summed E-state index contributed by atoms with van der Waals surface area (Å²) in [5.74, 6) is 3.66. The van der Waals surface area contributed by atoms with Crippen LogP contribution in [0.1, 0.15) is 49.3 Å². The van der Waals surface area contributed by atoms with Gasteiger partial charge in [0, 0.05) is 12.6 Å². The van der Waals surface area contributed by atoms with E-state index in [0.717, 1.165) is 38.2 Å². The second-order valence-electron chi connectivity index (χ2n) is 6.64. The van der Waals surface area contributed by atoms with Gasteiger partial charge in [0.05, 0.1) is 13.2 Å². The van der Waals surface area contributed by atoms with Gasteiger partial charge in [-0.3, -0.25) is 5.32 Å². The minimum Gasteiger partial charge on any atom is -0.494 e. The van der Waals surface area contributed by atoms with Crippen molar-refractivity contribution >= 4 is 0 Å². The van der Waals surface area contributed by atoms with E-state index in [1.807, 2.05) is 0 Å². The zero-order chi connectivity index (χ0) is 15.9. The maximum Gasteiger partial charge on any atom is 0.119 e. The molecule has 1 saturated heterocycles. The van der Waals surface area contributed by atoms with Gasteiger partial charge >= 0.3 is 0 Å². The van der Waals surface area contributed by atoms with E-state index in [1.54, 1.807) is 0 Å². The highest BCUT2D eigenvalue weighted by Gasteiger charge is 2.22. The second-order valence-corrected chi connectivity index (χ2v) is 6.64. The Morgan fingerprint density at radius 1 is 1.26 bits per heavy atom. The van der Waals surface area contributed by atoms with Crippen molar-refractivity contribution in [2.75, 3.05) is 32.8 Å². The number of hydrogen-bond acceptors (Lipinski definition) is 3. The van der Waals surface area contributed by atoms with Crippen LogP contribution >= 0.6 is 0 Å². The Kier molecular flexibility index (Phi) is 5.96. The van der Waals surface area contributed by atoms with Gasteiger partial charge in [-0.15, -0.1) is 6.42 Å². The van der Waals surface area contributed by atoms with Crippen LogP contribution in [0.15, 0.2) is 18.2 Å². The molecule has 1 aliphatic heterocycles. The zero-order valence-electron chi connectivity index (χ0n) is 14.0. The lowest BCUT2D eigenvalue weighted by atomic mass is 10.1. The van der Waals surface area contributed by atoms with Crippen molar-refractivity contribution in [2.24, 2.45) is 0 Å². The van der Waals surface area contributed by atoms with Crippen molar-refractivity contribution < 1.29 is 4.74 Å². The molecule has 124 valence electrons.